The van der Waals surface area contributed by atoms with Gasteiger partial charge in [0, 0.05) is 40.8 Å². The number of carbonyl (C=O) groups excluding carboxylic acids is 1. The number of allylic oxidation sites excluding steroid dienone is 2. The Morgan fingerprint density at radius 3 is 2.66 bits per heavy atom. The molecule has 5 rings (SSSR count). The number of benzene rings is 2. The molecule has 3 aromatic rings. The minimum absolute atomic E-state index is 0.00518. The van der Waals surface area contributed by atoms with Gasteiger partial charge < -0.3 is 10.2 Å². The second kappa shape index (κ2) is 10.6. The molecule has 182 valence electrons. The molecule has 1 N–H and O–H groups in total. The van der Waals surface area contributed by atoms with Crippen molar-refractivity contribution in [3.63, 3.8) is 0 Å². The number of nitrogens with zero attached hydrogens (tertiary/aromatic N) is 2. The highest BCUT2D eigenvalue weighted by molar-refractivity contribution is 7.99. The zero-order valence-corrected chi connectivity index (χ0v) is 22.3. The highest BCUT2D eigenvalue weighted by Gasteiger charge is 2.27. The molecule has 4 nitrogen and oxygen atoms in total. The number of hydrogen-bond donors (Lipinski definition) is 1. The molecular formula is C29H33N3OS2. The molecule has 2 heterocycles. The molecule has 6 heteroatoms. The number of aromatic nitrogens is 1. The predicted octanol–water partition coefficient (Wildman–Crippen LogP) is 8.65. The lowest BCUT2D eigenvalue weighted by Gasteiger charge is -2.32. The average molecular weight is 504 g/mol. The number of ketones is 1. The van der Waals surface area contributed by atoms with E-state index in [-0.39, 0.29) is 11.7 Å². The quantitative estimate of drug-likeness (QED) is 0.327. The first-order valence-corrected chi connectivity index (χ1v) is 14.3. The van der Waals surface area contributed by atoms with Crippen molar-refractivity contribution in [3.05, 3.63) is 70.9 Å². The number of Topliss-reactive ketones (excluding diaryl/α,β-unsaturated/α-hetero) is 1. The number of hydrogen-bond acceptors (Lipinski definition) is 6. The number of thiazole rings is 1. The van der Waals surface area contributed by atoms with Crippen LogP contribution in [0.4, 0.5) is 16.5 Å². The van der Waals surface area contributed by atoms with Crippen molar-refractivity contribution in [2.45, 2.75) is 68.1 Å². The molecule has 1 saturated carbocycles. The van der Waals surface area contributed by atoms with Gasteiger partial charge in [-0.05, 0) is 49.1 Å². The third-order valence-electron chi connectivity index (χ3n) is 7.29. The summed E-state index contributed by atoms with van der Waals surface area (Å²) in [4.78, 5) is 21.2. The largest absolute Gasteiger partial charge is 0.343 e. The van der Waals surface area contributed by atoms with Crippen molar-refractivity contribution < 1.29 is 4.79 Å². The van der Waals surface area contributed by atoms with Gasteiger partial charge in [0.2, 0.25) is 0 Å². The summed E-state index contributed by atoms with van der Waals surface area (Å²) in [5.74, 6) is 0.998. The van der Waals surface area contributed by atoms with Crippen molar-refractivity contribution in [2.24, 2.45) is 5.92 Å². The van der Waals surface area contributed by atoms with Crippen molar-refractivity contribution in [1.82, 2.24) is 4.98 Å². The molecule has 2 aromatic carbocycles. The van der Waals surface area contributed by atoms with Gasteiger partial charge in [-0.2, -0.15) is 0 Å². The van der Waals surface area contributed by atoms with Crippen LogP contribution in [0.2, 0.25) is 0 Å². The van der Waals surface area contributed by atoms with E-state index in [0.717, 1.165) is 17.5 Å². The van der Waals surface area contributed by atoms with E-state index in [1.54, 1.807) is 6.92 Å². The summed E-state index contributed by atoms with van der Waals surface area (Å²) in [5, 5.41) is 6.23. The molecule has 1 aliphatic heterocycles. The van der Waals surface area contributed by atoms with Gasteiger partial charge in [0.1, 0.15) is 5.69 Å². The number of rotatable bonds is 7. The first-order chi connectivity index (χ1) is 17.0. The monoisotopic (exact) mass is 503 g/mol. The average Bonchev–Trinajstić information content (AvgIpc) is 3.36. The van der Waals surface area contributed by atoms with Crippen LogP contribution in [0.3, 0.4) is 0 Å². The molecule has 0 spiro atoms. The topological polar surface area (TPSA) is 45.2 Å². The minimum Gasteiger partial charge on any atom is -0.343 e. The van der Waals surface area contributed by atoms with Crippen molar-refractivity contribution in [1.29, 1.82) is 0 Å². The molecule has 0 saturated heterocycles. The summed E-state index contributed by atoms with van der Waals surface area (Å²) in [5.41, 5.74) is 5.57. The Morgan fingerprint density at radius 1 is 1.14 bits per heavy atom. The Kier molecular flexibility index (Phi) is 7.30. The molecule has 1 aliphatic carbocycles. The van der Waals surface area contributed by atoms with Gasteiger partial charge in [-0.3, -0.25) is 4.79 Å². The number of fused-ring (bicyclic) bond motifs is 2. The molecule has 2 aliphatic rings. The van der Waals surface area contributed by atoms with Crippen LogP contribution in [-0.2, 0) is 0 Å². The Bertz CT molecular complexity index is 1240. The van der Waals surface area contributed by atoms with Crippen LogP contribution in [0, 0.1) is 5.92 Å². The standard InChI is InChI=1S/C29H33N3OS2/c1-4-23(30-29-31-24(18-34-29)19(2)33)22(16-20-10-6-5-7-11-20)21-14-15-28-26(17-21)32(3)25-12-8-9-13-27(25)35-28/h4,8-9,12-15,17-18,20,22H,5-7,10-11,16H2,1-3H3,(H,30,31)/b23-4+. The fraction of sp³-hybridized carbons (Fsp3) is 0.379. The van der Waals surface area contributed by atoms with Gasteiger partial charge >= 0.3 is 0 Å². The normalized spacial score (nSPS) is 17.0. The number of carbonyl (C=O) groups is 1. The predicted molar refractivity (Wildman–Crippen MR) is 149 cm³/mol. The first-order valence-electron chi connectivity index (χ1n) is 12.6. The van der Waals surface area contributed by atoms with Crippen LogP contribution in [0.25, 0.3) is 0 Å². The maximum absolute atomic E-state index is 11.8. The maximum Gasteiger partial charge on any atom is 0.187 e. The molecule has 1 atom stereocenters. The lowest BCUT2D eigenvalue weighted by molar-refractivity contribution is 0.101. The van der Waals surface area contributed by atoms with E-state index in [2.05, 4.69) is 77.7 Å². The van der Waals surface area contributed by atoms with Crippen molar-refractivity contribution in [2.75, 3.05) is 17.3 Å². The van der Waals surface area contributed by atoms with Crippen LogP contribution in [0.15, 0.2) is 69.4 Å². The van der Waals surface area contributed by atoms with Gasteiger partial charge in [-0.15, -0.1) is 11.3 Å². The third-order valence-corrected chi connectivity index (χ3v) is 9.18. The van der Waals surface area contributed by atoms with Crippen molar-refractivity contribution in [3.8, 4) is 0 Å². The van der Waals surface area contributed by atoms with E-state index < -0.39 is 0 Å². The lowest BCUT2D eigenvalue weighted by Crippen LogP contribution is -2.19. The van der Waals surface area contributed by atoms with Gasteiger partial charge in [0.05, 0.1) is 11.4 Å². The highest BCUT2D eigenvalue weighted by Crippen LogP contribution is 2.49. The third kappa shape index (κ3) is 5.19. The van der Waals surface area contributed by atoms with Crippen LogP contribution in [-0.4, -0.2) is 17.8 Å². The van der Waals surface area contributed by atoms with E-state index in [0.29, 0.717) is 5.69 Å². The van der Waals surface area contributed by atoms with Crippen LogP contribution >= 0.6 is 23.1 Å². The Balaban J connectivity index is 1.48. The second-order valence-electron chi connectivity index (χ2n) is 9.61. The van der Waals surface area contributed by atoms with Crippen molar-refractivity contribution >= 4 is 45.4 Å². The fourth-order valence-corrected chi connectivity index (χ4v) is 7.24. The summed E-state index contributed by atoms with van der Waals surface area (Å²) in [6.45, 7) is 3.67. The summed E-state index contributed by atoms with van der Waals surface area (Å²) < 4.78 is 0. The Hall–Kier alpha value is -2.57. The van der Waals surface area contributed by atoms with E-state index in [1.807, 2.05) is 17.1 Å². The summed E-state index contributed by atoms with van der Waals surface area (Å²) >= 11 is 3.35. The second-order valence-corrected chi connectivity index (χ2v) is 11.6. The Morgan fingerprint density at radius 2 is 1.91 bits per heavy atom. The molecule has 0 amide bonds. The summed E-state index contributed by atoms with van der Waals surface area (Å²) in [7, 11) is 2.17. The summed E-state index contributed by atoms with van der Waals surface area (Å²) in [6.07, 6.45) is 9.98. The lowest BCUT2D eigenvalue weighted by atomic mass is 9.79. The van der Waals surface area contributed by atoms with Crippen LogP contribution in [0.1, 0.15) is 74.3 Å². The molecule has 0 bridgehead atoms. The zero-order chi connectivity index (χ0) is 24.4. The fourth-order valence-electron chi connectivity index (χ4n) is 5.34. The van der Waals surface area contributed by atoms with E-state index >= 15 is 0 Å². The minimum atomic E-state index is 0.00518. The van der Waals surface area contributed by atoms with Gasteiger partial charge in [-0.25, -0.2) is 4.98 Å². The van der Waals surface area contributed by atoms with Crippen LogP contribution in [0.5, 0.6) is 0 Å². The van der Waals surface area contributed by atoms with Gasteiger partial charge in [0.15, 0.2) is 10.9 Å². The maximum atomic E-state index is 11.8. The summed E-state index contributed by atoms with van der Waals surface area (Å²) in [6, 6.07) is 15.6. The first kappa shape index (κ1) is 24.1. The van der Waals surface area contributed by atoms with Gasteiger partial charge in [-0.1, -0.05) is 68.1 Å². The molecular weight excluding hydrogens is 470 g/mol. The molecule has 0 radical (unpaired) electrons. The smallest absolute Gasteiger partial charge is 0.187 e. The molecule has 1 fully saturated rings. The zero-order valence-electron chi connectivity index (χ0n) is 20.7. The van der Waals surface area contributed by atoms with Crippen LogP contribution < -0.4 is 10.2 Å². The Labute approximate surface area is 216 Å². The van der Waals surface area contributed by atoms with E-state index in [9.17, 15) is 4.79 Å². The van der Waals surface area contributed by atoms with E-state index in [4.69, 9.17) is 0 Å². The molecule has 1 aromatic heterocycles. The van der Waals surface area contributed by atoms with Gasteiger partial charge in [0.25, 0.3) is 0 Å². The highest BCUT2D eigenvalue weighted by atomic mass is 32.2. The number of nitrogens with one attached hydrogen (secondary N) is 1. The molecule has 35 heavy (non-hydrogen) atoms. The molecule has 1 unspecified atom stereocenters. The number of para-hydroxylation sites is 1. The SMILES string of the molecule is C/C=C(/Nc1nc(C(C)=O)cs1)C(CC1CCCCC1)c1ccc2c(c1)N(C)c1ccccc1S2. The number of anilines is 3. The van der Waals surface area contributed by atoms with E-state index in [1.165, 1.54) is 75.9 Å².